The lowest BCUT2D eigenvalue weighted by Gasteiger charge is -1.99. The van der Waals surface area contributed by atoms with E-state index in [4.69, 9.17) is 4.74 Å². The molecule has 2 heterocycles. The number of thiophene rings is 1. The van der Waals surface area contributed by atoms with Crippen LogP contribution >= 0.6 is 23.1 Å². The lowest BCUT2D eigenvalue weighted by molar-refractivity contribution is -0.129. The van der Waals surface area contributed by atoms with Crippen LogP contribution in [-0.2, 0) is 9.53 Å². The predicted octanol–water partition coefficient (Wildman–Crippen LogP) is 3.31. The molecule has 1 aliphatic rings. The zero-order valence-electron chi connectivity index (χ0n) is 9.30. The highest BCUT2D eigenvalue weighted by atomic mass is 32.2. The van der Waals surface area contributed by atoms with Gasteiger partial charge in [0.25, 0.3) is 0 Å². The number of esters is 1. The Kier molecular flexibility index (Phi) is 3.81. The Morgan fingerprint density at radius 3 is 3.18 bits per heavy atom. The number of cyclic esters (lactones) is 1. The van der Waals surface area contributed by atoms with Crippen LogP contribution in [-0.4, -0.2) is 17.6 Å². The molecule has 0 saturated heterocycles. The number of hydrogen-bond acceptors (Lipinski definition) is 5. The molecular formula is C12H11NO2S2. The Labute approximate surface area is 108 Å². The summed E-state index contributed by atoms with van der Waals surface area (Å²) < 4.78 is 5.06. The van der Waals surface area contributed by atoms with Gasteiger partial charge in [0, 0.05) is 4.88 Å². The second-order valence-electron chi connectivity index (χ2n) is 3.21. The van der Waals surface area contributed by atoms with Crippen LogP contribution in [0.15, 0.2) is 39.7 Å². The van der Waals surface area contributed by atoms with Gasteiger partial charge in [0.2, 0.25) is 5.90 Å². The number of carbonyl (C=O) groups is 1. The van der Waals surface area contributed by atoms with Gasteiger partial charge in [-0.1, -0.05) is 19.6 Å². The van der Waals surface area contributed by atoms with Crippen LogP contribution in [0, 0.1) is 0 Å². The molecule has 5 heteroatoms. The van der Waals surface area contributed by atoms with Gasteiger partial charge in [-0.3, -0.25) is 0 Å². The SMILES string of the molecule is C=C(SCC)C1=N/C(=C/c2cccs2)C(=O)O1. The van der Waals surface area contributed by atoms with Gasteiger partial charge >= 0.3 is 5.97 Å². The molecule has 0 saturated carbocycles. The van der Waals surface area contributed by atoms with Crippen molar-refractivity contribution in [2.45, 2.75) is 6.92 Å². The van der Waals surface area contributed by atoms with E-state index >= 15 is 0 Å². The highest BCUT2D eigenvalue weighted by Gasteiger charge is 2.24. The second kappa shape index (κ2) is 5.33. The monoisotopic (exact) mass is 265 g/mol. The number of thioether (sulfide) groups is 1. The molecule has 3 nitrogen and oxygen atoms in total. The highest BCUT2D eigenvalue weighted by molar-refractivity contribution is 8.03. The fourth-order valence-corrected chi connectivity index (χ4v) is 2.48. The molecule has 0 aromatic carbocycles. The van der Waals surface area contributed by atoms with Gasteiger partial charge in [-0.2, -0.15) is 0 Å². The van der Waals surface area contributed by atoms with Crippen molar-refractivity contribution in [2.75, 3.05) is 5.75 Å². The third kappa shape index (κ3) is 2.87. The molecule has 0 amide bonds. The van der Waals surface area contributed by atoms with Crippen molar-refractivity contribution in [3.8, 4) is 0 Å². The maximum Gasteiger partial charge on any atom is 0.363 e. The summed E-state index contributed by atoms with van der Waals surface area (Å²) in [6.45, 7) is 5.83. The van der Waals surface area contributed by atoms with Crippen LogP contribution < -0.4 is 0 Å². The van der Waals surface area contributed by atoms with Crippen molar-refractivity contribution in [1.82, 2.24) is 0 Å². The molecule has 1 aromatic rings. The first-order valence-electron chi connectivity index (χ1n) is 5.09. The first kappa shape index (κ1) is 12.1. The van der Waals surface area contributed by atoms with Crippen LogP contribution in [0.3, 0.4) is 0 Å². The second-order valence-corrected chi connectivity index (χ2v) is 5.55. The third-order valence-electron chi connectivity index (χ3n) is 2.00. The van der Waals surface area contributed by atoms with E-state index < -0.39 is 5.97 Å². The van der Waals surface area contributed by atoms with E-state index in [0.29, 0.717) is 16.5 Å². The van der Waals surface area contributed by atoms with Crippen molar-refractivity contribution in [1.29, 1.82) is 0 Å². The zero-order valence-corrected chi connectivity index (χ0v) is 10.9. The Balaban J connectivity index is 2.20. The minimum Gasteiger partial charge on any atom is -0.401 e. The smallest absolute Gasteiger partial charge is 0.363 e. The average Bonchev–Trinajstić information content (AvgIpc) is 2.91. The van der Waals surface area contributed by atoms with E-state index in [1.54, 1.807) is 17.4 Å². The molecule has 88 valence electrons. The van der Waals surface area contributed by atoms with E-state index in [2.05, 4.69) is 11.6 Å². The summed E-state index contributed by atoms with van der Waals surface area (Å²) in [7, 11) is 0. The van der Waals surface area contributed by atoms with Gasteiger partial charge in [0.15, 0.2) is 5.70 Å². The summed E-state index contributed by atoms with van der Waals surface area (Å²) in [5, 5.41) is 1.95. The lowest BCUT2D eigenvalue weighted by Crippen LogP contribution is -2.04. The van der Waals surface area contributed by atoms with Crippen molar-refractivity contribution in [3.63, 3.8) is 0 Å². The van der Waals surface area contributed by atoms with E-state index in [9.17, 15) is 4.79 Å². The summed E-state index contributed by atoms with van der Waals surface area (Å²) >= 11 is 3.06. The summed E-state index contributed by atoms with van der Waals surface area (Å²) in [6, 6.07) is 3.85. The Bertz CT molecular complexity index is 501. The number of carbonyl (C=O) groups excluding carboxylic acids is 1. The number of nitrogens with zero attached hydrogens (tertiary/aromatic N) is 1. The fraction of sp³-hybridized carbons (Fsp3) is 0.167. The number of hydrogen-bond donors (Lipinski definition) is 0. The average molecular weight is 265 g/mol. The summed E-state index contributed by atoms with van der Waals surface area (Å²) in [4.78, 5) is 17.4. The van der Waals surface area contributed by atoms with E-state index in [0.717, 1.165) is 10.6 Å². The Hall–Kier alpha value is -1.33. The standard InChI is InChI=1S/C12H11NO2S2/c1-3-16-8(2)11-13-10(12(14)15-11)7-9-5-4-6-17-9/h4-7H,2-3H2,1H3/b10-7+. The number of aliphatic imine (C=N–C) groups is 1. The van der Waals surface area contributed by atoms with Gasteiger partial charge in [-0.05, 0) is 23.3 Å². The van der Waals surface area contributed by atoms with Crippen molar-refractivity contribution < 1.29 is 9.53 Å². The molecule has 0 fully saturated rings. The predicted molar refractivity (Wildman–Crippen MR) is 73.1 cm³/mol. The van der Waals surface area contributed by atoms with Crippen LogP contribution in [0.4, 0.5) is 0 Å². The molecule has 2 rings (SSSR count). The molecule has 17 heavy (non-hydrogen) atoms. The van der Waals surface area contributed by atoms with Gasteiger partial charge in [-0.15, -0.1) is 23.1 Å². The molecule has 0 spiro atoms. The molecule has 0 atom stereocenters. The van der Waals surface area contributed by atoms with Gasteiger partial charge < -0.3 is 4.74 Å². The van der Waals surface area contributed by atoms with Crippen molar-refractivity contribution in [3.05, 3.63) is 39.6 Å². The minimum atomic E-state index is -0.411. The van der Waals surface area contributed by atoms with E-state index in [1.807, 2.05) is 24.4 Å². The normalized spacial score (nSPS) is 17.1. The lowest BCUT2D eigenvalue weighted by atomic mass is 10.3. The maximum atomic E-state index is 11.6. The third-order valence-corrected chi connectivity index (χ3v) is 3.63. The molecular weight excluding hydrogens is 254 g/mol. The van der Waals surface area contributed by atoms with E-state index in [-0.39, 0.29) is 0 Å². The molecule has 0 unspecified atom stereocenters. The molecule has 0 radical (unpaired) electrons. The Morgan fingerprint density at radius 1 is 1.71 bits per heavy atom. The minimum absolute atomic E-state index is 0.324. The summed E-state index contributed by atoms with van der Waals surface area (Å²) in [6.07, 6.45) is 1.73. The van der Waals surface area contributed by atoms with Crippen LogP contribution in [0.1, 0.15) is 11.8 Å². The maximum absolute atomic E-state index is 11.6. The molecule has 1 aromatic heterocycles. The van der Waals surface area contributed by atoms with E-state index in [1.165, 1.54) is 11.8 Å². The first-order valence-corrected chi connectivity index (χ1v) is 6.95. The fourth-order valence-electron chi connectivity index (χ4n) is 1.27. The van der Waals surface area contributed by atoms with Gasteiger partial charge in [0.05, 0.1) is 4.91 Å². The number of ether oxygens (including phenoxy) is 1. The number of rotatable bonds is 4. The Morgan fingerprint density at radius 2 is 2.53 bits per heavy atom. The first-order chi connectivity index (χ1) is 8.20. The van der Waals surface area contributed by atoms with Crippen LogP contribution in [0.25, 0.3) is 6.08 Å². The van der Waals surface area contributed by atoms with Gasteiger partial charge in [-0.25, -0.2) is 9.79 Å². The molecule has 0 aliphatic carbocycles. The van der Waals surface area contributed by atoms with Crippen LogP contribution in [0.2, 0.25) is 0 Å². The van der Waals surface area contributed by atoms with Crippen LogP contribution in [0.5, 0.6) is 0 Å². The molecule has 0 bridgehead atoms. The largest absolute Gasteiger partial charge is 0.401 e. The summed E-state index contributed by atoms with van der Waals surface area (Å²) in [5.41, 5.74) is 0.334. The summed E-state index contributed by atoms with van der Waals surface area (Å²) in [5.74, 6) is 0.787. The quantitative estimate of drug-likeness (QED) is 0.619. The van der Waals surface area contributed by atoms with Crippen molar-refractivity contribution in [2.24, 2.45) is 4.99 Å². The molecule has 1 aliphatic heterocycles. The van der Waals surface area contributed by atoms with Gasteiger partial charge in [0.1, 0.15) is 0 Å². The zero-order chi connectivity index (χ0) is 12.3. The van der Waals surface area contributed by atoms with Crippen molar-refractivity contribution >= 4 is 41.0 Å². The highest BCUT2D eigenvalue weighted by Crippen LogP contribution is 2.24. The molecule has 0 N–H and O–H groups in total. The topological polar surface area (TPSA) is 38.7 Å².